The van der Waals surface area contributed by atoms with E-state index >= 15 is 0 Å². The van der Waals surface area contributed by atoms with Crippen molar-refractivity contribution in [2.45, 2.75) is 0 Å². The number of nitrogens with zero attached hydrogens (tertiary/aromatic N) is 1. The van der Waals surface area contributed by atoms with Crippen LogP contribution in [0, 0.1) is 10.1 Å². The first-order chi connectivity index (χ1) is 4.70. The van der Waals surface area contributed by atoms with E-state index in [1.54, 1.807) is 6.08 Å². The minimum atomic E-state index is -0.413. The van der Waals surface area contributed by atoms with Gasteiger partial charge in [-0.25, -0.2) is 0 Å². The number of nitrogens with one attached hydrogen (secondary N) is 1. The summed E-state index contributed by atoms with van der Waals surface area (Å²) in [7, 11) is 0. The van der Waals surface area contributed by atoms with Crippen molar-refractivity contribution in [2.75, 3.05) is 6.54 Å². The molecule has 5 heteroatoms. The van der Waals surface area contributed by atoms with Gasteiger partial charge in [0.25, 0.3) is 5.70 Å². The molecule has 0 saturated carbocycles. The normalized spacial score (nSPS) is 16.9. The summed E-state index contributed by atoms with van der Waals surface area (Å²) in [6.07, 6.45) is 3.00. The van der Waals surface area contributed by atoms with E-state index in [4.69, 9.17) is 0 Å². The van der Waals surface area contributed by atoms with Crippen LogP contribution in [-0.4, -0.2) is 11.5 Å². The van der Waals surface area contributed by atoms with Gasteiger partial charge in [-0.15, -0.1) is 12.6 Å². The molecule has 0 amide bonds. The van der Waals surface area contributed by atoms with Gasteiger partial charge in [0.2, 0.25) is 0 Å². The quantitative estimate of drug-likeness (QED) is 0.332. The van der Waals surface area contributed by atoms with Gasteiger partial charge in [0.05, 0.1) is 9.95 Å². The zero-order valence-electron chi connectivity index (χ0n) is 5.07. The number of hydrogen-bond acceptors (Lipinski definition) is 4. The van der Waals surface area contributed by atoms with Crippen molar-refractivity contribution in [3.8, 4) is 0 Å². The maximum atomic E-state index is 10.1. The Morgan fingerprint density at radius 2 is 2.40 bits per heavy atom. The van der Waals surface area contributed by atoms with Gasteiger partial charge in [0.15, 0.2) is 0 Å². The molecule has 0 unspecified atom stereocenters. The number of rotatable bonds is 1. The SMILES string of the molecule is O=[N+]([O-])C1=CC=C(S)NC1. The Hall–Kier alpha value is -0.970. The van der Waals surface area contributed by atoms with Crippen LogP contribution in [0.25, 0.3) is 0 Å². The lowest BCUT2D eigenvalue weighted by Crippen LogP contribution is -2.20. The molecule has 0 aromatic heterocycles. The molecule has 0 aliphatic carbocycles. The number of thiol groups is 1. The average Bonchev–Trinajstić information content (AvgIpc) is 1.88. The molecule has 0 saturated heterocycles. The van der Waals surface area contributed by atoms with Crippen LogP contribution in [0.15, 0.2) is 22.9 Å². The Morgan fingerprint density at radius 1 is 1.70 bits per heavy atom. The third-order valence-electron chi connectivity index (χ3n) is 1.12. The molecule has 0 aromatic carbocycles. The maximum Gasteiger partial charge on any atom is 0.265 e. The lowest BCUT2D eigenvalue weighted by atomic mass is 10.3. The van der Waals surface area contributed by atoms with E-state index in [0.717, 1.165) is 0 Å². The summed E-state index contributed by atoms with van der Waals surface area (Å²) in [4.78, 5) is 9.69. The summed E-state index contributed by atoms with van der Waals surface area (Å²) < 4.78 is 0. The van der Waals surface area contributed by atoms with Gasteiger partial charge < -0.3 is 5.32 Å². The summed E-state index contributed by atoms with van der Waals surface area (Å²) >= 11 is 3.95. The monoisotopic (exact) mass is 158 g/mol. The number of dihydropyridines is 1. The van der Waals surface area contributed by atoms with Crippen LogP contribution in [0.5, 0.6) is 0 Å². The molecule has 4 nitrogen and oxygen atoms in total. The van der Waals surface area contributed by atoms with E-state index in [1.165, 1.54) is 6.08 Å². The molecular weight excluding hydrogens is 152 g/mol. The molecule has 0 radical (unpaired) electrons. The number of allylic oxidation sites excluding steroid dienone is 2. The van der Waals surface area contributed by atoms with Crippen LogP contribution in [0.1, 0.15) is 0 Å². The van der Waals surface area contributed by atoms with E-state index in [-0.39, 0.29) is 12.2 Å². The average molecular weight is 158 g/mol. The minimum Gasteiger partial charge on any atom is -0.370 e. The van der Waals surface area contributed by atoms with Gasteiger partial charge in [-0.1, -0.05) is 0 Å². The fraction of sp³-hybridized carbons (Fsp3) is 0.200. The predicted octanol–water partition coefficient (Wildman–Crippen LogP) is 0.521. The van der Waals surface area contributed by atoms with Crippen molar-refractivity contribution in [1.29, 1.82) is 0 Å². The molecule has 1 heterocycles. The van der Waals surface area contributed by atoms with Gasteiger partial charge in [-0.3, -0.25) is 10.1 Å². The summed E-state index contributed by atoms with van der Waals surface area (Å²) in [6.45, 7) is 0.252. The van der Waals surface area contributed by atoms with E-state index in [1.807, 2.05) is 0 Å². The Bertz CT molecular complexity index is 222. The van der Waals surface area contributed by atoms with Crippen LogP contribution in [-0.2, 0) is 0 Å². The number of nitro groups is 1. The molecule has 0 aromatic rings. The van der Waals surface area contributed by atoms with Crippen molar-refractivity contribution < 1.29 is 4.92 Å². The van der Waals surface area contributed by atoms with Crippen LogP contribution < -0.4 is 5.32 Å². The van der Waals surface area contributed by atoms with Crippen molar-refractivity contribution in [3.05, 3.63) is 33.0 Å². The first kappa shape index (κ1) is 7.14. The Labute approximate surface area is 63.2 Å². The fourth-order valence-electron chi connectivity index (χ4n) is 0.600. The van der Waals surface area contributed by atoms with Crippen molar-refractivity contribution >= 4 is 12.6 Å². The predicted molar refractivity (Wildman–Crippen MR) is 40.1 cm³/mol. The van der Waals surface area contributed by atoms with Crippen molar-refractivity contribution in [1.82, 2.24) is 5.32 Å². The Kier molecular flexibility index (Phi) is 1.96. The summed E-state index contributed by atoms with van der Waals surface area (Å²) in [5.74, 6) is 0. The van der Waals surface area contributed by atoms with Crippen LogP contribution in [0.3, 0.4) is 0 Å². The molecule has 0 bridgehead atoms. The molecule has 1 N–H and O–H groups in total. The summed E-state index contributed by atoms with van der Waals surface area (Å²) in [6, 6.07) is 0. The first-order valence-corrected chi connectivity index (χ1v) is 3.13. The second-order valence-electron chi connectivity index (χ2n) is 1.82. The topological polar surface area (TPSA) is 55.2 Å². The maximum absolute atomic E-state index is 10.1. The molecular formula is C5H6N2O2S. The van der Waals surface area contributed by atoms with Crippen LogP contribution in [0.4, 0.5) is 0 Å². The molecule has 0 atom stereocenters. The lowest BCUT2D eigenvalue weighted by Gasteiger charge is -2.06. The highest BCUT2D eigenvalue weighted by Gasteiger charge is 2.11. The van der Waals surface area contributed by atoms with Gasteiger partial charge in [0, 0.05) is 6.08 Å². The zero-order valence-corrected chi connectivity index (χ0v) is 5.97. The largest absolute Gasteiger partial charge is 0.370 e. The van der Waals surface area contributed by atoms with Crippen molar-refractivity contribution in [3.63, 3.8) is 0 Å². The highest BCUT2D eigenvalue weighted by molar-refractivity contribution is 7.84. The highest BCUT2D eigenvalue weighted by Crippen LogP contribution is 2.05. The molecule has 10 heavy (non-hydrogen) atoms. The third-order valence-corrected chi connectivity index (χ3v) is 1.43. The van der Waals surface area contributed by atoms with E-state index in [9.17, 15) is 10.1 Å². The van der Waals surface area contributed by atoms with Gasteiger partial charge in [-0.05, 0) is 6.08 Å². The minimum absolute atomic E-state index is 0.165. The smallest absolute Gasteiger partial charge is 0.265 e. The second kappa shape index (κ2) is 2.74. The van der Waals surface area contributed by atoms with Gasteiger partial charge in [0.1, 0.15) is 6.54 Å². The highest BCUT2D eigenvalue weighted by atomic mass is 32.1. The van der Waals surface area contributed by atoms with Crippen molar-refractivity contribution in [2.24, 2.45) is 0 Å². The van der Waals surface area contributed by atoms with Gasteiger partial charge >= 0.3 is 0 Å². The Balaban J connectivity index is 2.74. The summed E-state index contributed by atoms with van der Waals surface area (Å²) in [5, 5.41) is 13.5. The van der Waals surface area contributed by atoms with E-state index < -0.39 is 4.92 Å². The zero-order chi connectivity index (χ0) is 7.56. The summed E-state index contributed by atoms with van der Waals surface area (Å²) in [5.41, 5.74) is 0.165. The first-order valence-electron chi connectivity index (χ1n) is 2.68. The molecule has 1 aliphatic rings. The lowest BCUT2D eigenvalue weighted by molar-refractivity contribution is -0.426. The Morgan fingerprint density at radius 3 is 2.80 bits per heavy atom. The molecule has 0 spiro atoms. The molecule has 1 aliphatic heterocycles. The standard InChI is InChI=1S/C5H6N2O2S/c8-7(9)4-1-2-5(10)6-3-4/h1-2,6,10H,3H2. The molecule has 1 rings (SSSR count). The second-order valence-corrected chi connectivity index (χ2v) is 2.30. The molecule has 0 fully saturated rings. The fourth-order valence-corrected chi connectivity index (χ4v) is 0.753. The van der Waals surface area contributed by atoms with E-state index in [2.05, 4.69) is 17.9 Å². The van der Waals surface area contributed by atoms with Gasteiger partial charge in [-0.2, -0.15) is 0 Å². The third kappa shape index (κ3) is 1.51. The van der Waals surface area contributed by atoms with Crippen LogP contribution >= 0.6 is 12.6 Å². The molecule has 54 valence electrons. The van der Waals surface area contributed by atoms with E-state index in [0.29, 0.717) is 5.03 Å². The van der Waals surface area contributed by atoms with Crippen LogP contribution in [0.2, 0.25) is 0 Å². The number of hydrogen-bond donors (Lipinski definition) is 2.